The second-order valence-electron chi connectivity index (χ2n) is 5.24. The molecule has 0 rings (SSSR count). The van der Waals surface area contributed by atoms with Crippen LogP contribution in [0.15, 0.2) is 0 Å². The van der Waals surface area contributed by atoms with Crippen LogP contribution in [0.3, 0.4) is 0 Å². The molecule has 0 radical (unpaired) electrons. The fourth-order valence-corrected chi connectivity index (χ4v) is 2.00. The van der Waals surface area contributed by atoms with Crippen molar-refractivity contribution in [2.24, 2.45) is 5.92 Å². The monoisotopic (exact) mass is 273 g/mol. The summed E-state index contributed by atoms with van der Waals surface area (Å²) >= 11 is 0. The molecule has 112 valence electrons. The Bertz CT molecular complexity index is 293. The van der Waals surface area contributed by atoms with Crippen LogP contribution >= 0.6 is 0 Å². The van der Waals surface area contributed by atoms with Gasteiger partial charge in [0, 0.05) is 13.5 Å². The summed E-state index contributed by atoms with van der Waals surface area (Å²) in [6.45, 7) is 5.59. The predicted octanol–water partition coefficient (Wildman–Crippen LogP) is 2.20. The molecular weight excluding hydrogens is 246 g/mol. The van der Waals surface area contributed by atoms with Gasteiger partial charge in [-0.15, -0.1) is 0 Å². The summed E-state index contributed by atoms with van der Waals surface area (Å²) in [5.41, 5.74) is -1.35. The maximum Gasteiger partial charge on any atom is 0.331 e. The molecule has 2 N–H and O–H groups in total. The number of carboxylic acids is 1. The van der Waals surface area contributed by atoms with E-state index in [0.717, 1.165) is 25.7 Å². The van der Waals surface area contributed by atoms with Crippen LogP contribution in [-0.2, 0) is 14.3 Å². The van der Waals surface area contributed by atoms with Crippen LogP contribution in [0.4, 0.5) is 0 Å². The Morgan fingerprint density at radius 3 is 2.42 bits per heavy atom. The van der Waals surface area contributed by atoms with E-state index in [-0.39, 0.29) is 12.5 Å². The molecule has 0 aliphatic carbocycles. The number of amides is 1. The minimum absolute atomic E-state index is 0.0418. The van der Waals surface area contributed by atoms with E-state index in [4.69, 9.17) is 9.84 Å². The van der Waals surface area contributed by atoms with Gasteiger partial charge >= 0.3 is 5.97 Å². The molecule has 2 unspecified atom stereocenters. The lowest BCUT2D eigenvalue weighted by Gasteiger charge is -2.26. The highest BCUT2D eigenvalue weighted by Crippen LogP contribution is 2.17. The third-order valence-electron chi connectivity index (χ3n) is 3.34. The highest BCUT2D eigenvalue weighted by atomic mass is 16.5. The molecule has 0 bridgehead atoms. The van der Waals surface area contributed by atoms with Gasteiger partial charge in [-0.1, -0.05) is 33.1 Å². The Balaban J connectivity index is 4.44. The fourth-order valence-electron chi connectivity index (χ4n) is 2.00. The van der Waals surface area contributed by atoms with Gasteiger partial charge in [-0.05, 0) is 19.3 Å². The van der Waals surface area contributed by atoms with Crippen molar-refractivity contribution in [1.82, 2.24) is 5.32 Å². The SMILES string of the molecule is CCCCC(CC)CC(=O)NC(C)(COC)C(=O)O. The zero-order valence-electron chi connectivity index (χ0n) is 12.5. The van der Waals surface area contributed by atoms with Gasteiger partial charge in [0.1, 0.15) is 0 Å². The van der Waals surface area contributed by atoms with Gasteiger partial charge in [0.2, 0.25) is 5.91 Å². The van der Waals surface area contributed by atoms with Gasteiger partial charge in [0.05, 0.1) is 6.61 Å². The van der Waals surface area contributed by atoms with E-state index >= 15 is 0 Å². The summed E-state index contributed by atoms with van der Waals surface area (Å²) in [4.78, 5) is 23.1. The minimum Gasteiger partial charge on any atom is -0.479 e. The molecule has 0 fully saturated rings. The average Bonchev–Trinajstić information content (AvgIpc) is 2.34. The number of carboxylic acid groups (broad SMARTS) is 1. The number of carbonyl (C=O) groups is 2. The van der Waals surface area contributed by atoms with Gasteiger partial charge in [-0.2, -0.15) is 0 Å². The van der Waals surface area contributed by atoms with Crippen LogP contribution in [0.2, 0.25) is 0 Å². The van der Waals surface area contributed by atoms with E-state index in [1.54, 1.807) is 0 Å². The van der Waals surface area contributed by atoms with Crippen molar-refractivity contribution in [2.75, 3.05) is 13.7 Å². The van der Waals surface area contributed by atoms with Crippen molar-refractivity contribution in [3.63, 3.8) is 0 Å². The van der Waals surface area contributed by atoms with Crippen LogP contribution in [-0.4, -0.2) is 36.2 Å². The lowest BCUT2D eigenvalue weighted by molar-refractivity contribution is -0.149. The summed E-state index contributed by atoms with van der Waals surface area (Å²) in [5.74, 6) is -0.977. The topological polar surface area (TPSA) is 75.6 Å². The number of methoxy groups -OCH3 is 1. The Labute approximate surface area is 115 Å². The Morgan fingerprint density at radius 2 is 2.00 bits per heavy atom. The summed E-state index contributed by atoms with van der Waals surface area (Å²) in [6, 6.07) is 0. The van der Waals surface area contributed by atoms with Gasteiger partial charge in [0.15, 0.2) is 5.54 Å². The van der Waals surface area contributed by atoms with E-state index in [2.05, 4.69) is 19.2 Å². The first-order chi connectivity index (χ1) is 8.89. The lowest BCUT2D eigenvalue weighted by atomic mass is 9.94. The number of hydrogen-bond donors (Lipinski definition) is 2. The quantitative estimate of drug-likeness (QED) is 0.640. The number of aliphatic carboxylic acids is 1. The van der Waals surface area contributed by atoms with Gasteiger partial charge in [0.25, 0.3) is 0 Å². The van der Waals surface area contributed by atoms with Crippen LogP contribution in [0, 0.1) is 5.92 Å². The lowest BCUT2D eigenvalue weighted by Crippen LogP contribution is -2.55. The molecule has 1 amide bonds. The van der Waals surface area contributed by atoms with E-state index in [9.17, 15) is 9.59 Å². The molecular formula is C14H27NO4. The van der Waals surface area contributed by atoms with Crippen molar-refractivity contribution in [2.45, 2.75) is 58.4 Å². The maximum absolute atomic E-state index is 11.9. The number of ether oxygens (including phenoxy) is 1. The third kappa shape index (κ3) is 6.57. The smallest absolute Gasteiger partial charge is 0.331 e. The van der Waals surface area contributed by atoms with Crippen molar-refractivity contribution in [3.8, 4) is 0 Å². The molecule has 0 saturated heterocycles. The van der Waals surface area contributed by atoms with E-state index in [1.165, 1.54) is 14.0 Å². The number of nitrogens with one attached hydrogen (secondary N) is 1. The van der Waals surface area contributed by atoms with Gasteiger partial charge < -0.3 is 15.2 Å². The zero-order chi connectivity index (χ0) is 14.9. The molecule has 0 saturated carbocycles. The van der Waals surface area contributed by atoms with Crippen LogP contribution in [0.5, 0.6) is 0 Å². The highest BCUT2D eigenvalue weighted by molar-refractivity contribution is 5.86. The predicted molar refractivity (Wildman–Crippen MR) is 74.0 cm³/mol. The summed E-state index contributed by atoms with van der Waals surface area (Å²) in [5, 5.41) is 11.7. The van der Waals surface area contributed by atoms with Crippen LogP contribution in [0.25, 0.3) is 0 Å². The summed E-state index contributed by atoms with van der Waals surface area (Å²) < 4.78 is 4.87. The first kappa shape index (κ1) is 17.9. The van der Waals surface area contributed by atoms with Crippen molar-refractivity contribution < 1.29 is 19.4 Å². The second kappa shape index (κ2) is 8.91. The Morgan fingerprint density at radius 1 is 1.37 bits per heavy atom. The Kier molecular flexibility index (Phi) is 8.39. The molecule has 0 aromatic rings. The van der Waals surface area contributed by atoms with Gasteiger partial charge in [-0.25, -0.2) is 4.79 Å². The normalized spacial score (nSPS) is 15.6. The maximum atomic E-state index is 11.9. The third-order valence-corrected chi connectivity index (χ3v) is 3.34. The number of unbranched alkanes of at least 4 members (excludes halogenated alkanes) is 1. The number of hydrogen-bond acceptors (Lipinski definition) is 3. The van der Waals surface area contributed by atoms with Crippen LogP contribution < -0.4 is 5.32 Å². The molecule has 2 atom stereocenters. The van der Waals surface area contributed by atoms with E-state index < -0.39 is 11.5 Å². The second-order valence-corrected chi connectivity index (χ2v) is 5.24. The summed E-state index contributed by atoms with van der Waals surface area (Å²) in [6.07, 6.45) is 4.52. The first-order valence-electron chi connectivity index (χ1n) is 6.92. The minimum atomic E-state index is -1.35. The molecule has 0 aliphatic heterocycles. The molecule has 0 spiro atoms. The van der Waals surface area contributed by atoms with Crippen molar-refractivity contribution in [3.05, 3.63) is 0 Å². The highest BCUT2D eigenvalue weighted by Gasteiger charge is 2.35. The standard InChI is InChI=1S/C14H27NO4/c1-5-7-8-11(6-2)9-12(16)15-14(3,10-19-4)13(17)18/h11H,5-10H2,1-4H3,(H,15,16)(H,17,18). The molecule has 0 aromatic heterocycles. The molecule has 19 heavy (non-hydrogen) atoms. The molecule has 0 heterocycles. The zero-order valence-corrected chi connectivity index (χ0v) is 12.5. The van der Waals surface area contributed by atoms with Crippen molar-refractivity contribution >= 4 is 11.9 Å². The molecule has 0 aliphatic rings. The van der Waals surface area contributed by atoms with Crippen LogP contribution in [0.1, 0.15) is 52.9 Å². The number of carbonyl (C=O) groups excluding carboxylic acids is 1. The largest absolute Gasteiger partial charge is 0.479 e. The first-order valence-corrected chi connectivity index (χ1v) is 6.92. The average molecular weight is 273 g/mol. The molecule has 0 aromatic carbocycles. The molecule has 5 nitrogen and oxygen atoms in total. The molecule has 5 heteroatoms. The van der Waals surface area contributed by atoms with Gasteiger partial charge in [-0.3, -0.25) is 4.79 Å². The van der Waals surface area contributed by atoms with E-state index in [0.29, 0.717) is 12.3 Å². The van der Waals surface area contributed by atoms with E-state index in [1.807, 2.05) is 0 Å². The summed E-state index contributed by atoms with van der Waals surface area (Å²) in [7, 11) is 1.42. The Hall–Kier alpha value is -1.10. The van der Waals surface area contributed by atoms with Crippen molar-refractivity contribution in [1.29, 1.82) is 0 Å². The fraction of sp³-hybridized carbons (Fsp3) is 0.857. The number of rotatable bonds is 10.